The monoisotopic (exact) mass is 300 g/mol. The highest BCUT2D eigenvalue weighted by Crippen LogP contribution is 2.20. The van der Waals surface area contributed by atoms with Crippen molar-refractivity contribution in [1.82, 2.24) is 10.6 Å². The summed E-state index contributed by atoms with van der Waals surface area (Å²) in [6.45, 7) is 4.39. The SMILES string of the molecule is CCCCS/C(=C\C#Cc1ccccc1)C1NCCCN1. The summed E-state index contributed by atoms with van der Waals surface area (Å²) < 4.78 is 0. The second-order valence-corrected chi connectivity index (χ2v) is 6.25. The average Bonchev–Trinajstić information content (AvgIpc) is 2.55. The fraction of sp³-hybridized carbons (Fsp3) is 0.444. The van der Waals surface area contributed by atoms with Gasteiger partial charge in [-0.05, 0) is 43.8 Å². The van der Waals surface area contributed by atoms with E-state index in [1.807, 2.05) is 42.1 Å². The second-order valence-electron chi connectivity index (χ2n) is 5.08. The van der Waals surface area contributed by atoms with Crippen molar-refractivity contribution in [2.45, 2.75) is 32.4 Å². The number of benzene rings is 1. The topological polar surface area (TPSA) is 24.1 Å². The summed E-state index contributed by atoms with van der Waals surface area (Å²) >= 11 is 1.92. The zero-order valence-electron chi connectivity index (χ0n) is 12.7. The molecule has 0 bridgehead atoms. The van der Waals surface area contributed by atoms with Gasteiger partial charge in [0.15, 0.2) is 0 Å². The molecule has 2 nitrogen and oxygen atoms in total. The number of allylic oxidation sites excluding steroid dienone is 1. The first-order valence-electron chi connectivity index (χ1n) is 7.76. The summed E-state index contributed by atoms with van der Waals surface area (Å²) in [6, 6.07) is 10.1. The normalized spacial score (nSPS) is 16.3. The molecule has 3 heteroatoms. The van der Waals surface area contributed by atoms with Gasteiger partial charge in [-0.3, -0.25) is 10.6 Å². The van der Waals surface area contributed by atoms with Crippen molar-refractivity contribution in [3.05, 3.63) is 46.9 Å². The number of rotatable bonds is 5. The zero-order valence-corrected chi connectivity index (χ0v) is 13.5. The van der Waals surface area contributed by atoms with E-state index < -0.39 is 0 Å². The molecule has 0 radical (unpaired) electrons. The van der Waals surface area contributed by atoms with Crippen LogP contribution in [-0.4, -0.2) is 25.0 Å². The molecule has 0 unspecified atom stereocenters. The van der Waals surface area contributed by atoms with Gasteiger partial charge in [-0.25, -0.2) is 0 Å². The lowest BCUT2D eigenvalue weighted by Crippen LogP contribution is -2.48. The van der Waals surface area contributed by atoms with Crippen molar-refractivity contribution in [2.24, 2.45) is 0 Å². The van der Waals surface area contributed by atoms with Crippen molar-refractivity contribution in [3.63, 3.8) is 0 Å². The fourth-order valence-corrected chi connectivity index (χ4v) is 3.25. The number of thioether (sulfide) groups is 1. The lowest BCUT2D eigenvalue weighted by molar-refractivity contribution is 0.420. The molecule has 112 valence electrons. The highest BCUT2D eigenvalue weighted by atomic mass is 32.2. The summed E-state index contributed by atoms with van der Waals surface area (Å²) in [5.74, 6) is 7.58. The fourth-order valence-electron chi connectivity index (χ4n) is 2.11. The van der Waals surface area contributed by atoms with E-state index in [-0.39, 0.29) is 6.17 Å². The molecular weight excluding hydrogens is 276 g/mol. The minimum Gasteiger partial charge on any atom is -0.298 e. The molecular formula is C18H24N2S. The van der Waals surface area contributed by atoms with Gasteiger partial charge in [-0.2, -0.15) is 0 Å². The third kappa shape index (κ3) is 5.97. The van der Waals surface area contributed by atoms with Crippen LogP contribution in [0.25, 0.3) is 0 Å². The molecule has 1 fully saturated rings. The molecule has 0 spiro atoms. The van der Waals surface area contributed by atoms with Crippen molar-refractivity contribution in [2.75, 3.05) is 18.8 Å². The Morgan fingerprint density at radius 2 is 2.05 bits per heavy atom. The Labute approximate surface area is 132 Å². The molecule has 1 saturated heterocycles. The summed E-state index contributed by atoms with van der Waals surface area (Å²) in [5.41, 5.74) is 1.07. The molecule has 0 saturated carbocycles. The van der Waals surface area contributed by atoms with Crippen LogP contribution in [0.5, 0.6) is 0 Å². The van der Waals surface area contributed by atoms with Crippen molar-refractivity contribution < 1.29 is 0 Å². The van der Waals surface area contributed by atoms with Gasteiger partial charge >= 0.3 is 0 Å². The molecule has 1 aromatic carbocycles. The Balaban J connectivity index is 2.02. The molecule has 1 heterocycles. The first-order chi connectivity index (χ1) is 10.4. The molecule has 1 aromatic rings. The molecule has 1 aliphatic rings. The largest absolute Gasteiger partial charge is 0.298 e. The predicted octanol–water partition coefficient (Wildman–Crippen LogP) is 3.36. The molecule has 0 amide bonds. The number of unbranched alkanes of at least 4 members (excludes halogenated alkanes) is 1. The Morgan fingerprint density at radius 3 is 2.76 bits per heavy atom. The molecule has 2 N–H and O–H groups in total. The summed E-state index contributed by atoms with van der Waals surface area (Å²) in [6.07, 6.45) is 6.02. The second kappa shape index (κ2) is 9.68. The Bertz CT molecular complexity index is 493. The number of nitrogens with one attached hydrogen (secondary N) is 2. The van der Waals surface area contributed by atoms with Gasteiger partial charge in [0, 0.05) is 16.5 Å². The van der Waals surface area contributed by atoms with Crippen LogP contribution in [0.2, 0.25) is 0 Å². The summed E-state index contributed by atoms with van der Waals surface area (Å²) in [4.78, 5) is 1.31. The van der Waals surface area contributed by atoms with E-state index in [1.165, 1.54) is 24.2 Å². The maximum atomic E-state index is 3.53. The molecule has 0 aromatic heterocycles. The van der Waals surface area contributed by atoms with E-state index in [0.717, 1.165) is 24.4 Å². The maximum Gasteiger partial charge on any atom is 0.0901 e. The van der Waals surface area contributed by atoms with Crippen LogP contribution >= 0.6 is 11.8 Å². The third-order valence-electron chi connectivity index (χ3n) is 3.31. The molecule has 0 atom stereocenters. The van der Waals surface area contributed by atoms with Gasteiger partial charge in [0.2, 0.25) is 0 Å². The minimum atomic E-state index is 0.269. The van der Waals surface area contributed by atoms with Gasteiger partial charge in [0.25, 0.3) is 0 Å². The molecule has 2 rings (SSSR count). The zero-order chi connectivity index (χ0) is 14.8. The van der Waals surface area contributed by atoms with Crippen LogP contribution in [0.15, 0.2) is 41.3 Å². The highest BCUT2D eigenvalue weighted by molar-refractivity contribution is 8.03. The van der Waals surface area contributed by atoms with E-state index in [0.29, 0.717) is 0 Å². The van der Waals surface area contributed by atoms with Gasteiger partial charge < -0.3 is 0 Å². The Morgan fingerprint density at radius 1 is 1.29 bits per heavy atom. The van der Waals surface area contributed by atoms with Crippen LogP contribution in [0.4, 0.5) is 0 Å². The average molecular weight is 300 g/mol. The predicted molar refractivity (Wildman–Crippen MR) is 93.2 cm³/mol. The van der Waals surface area contributed by atoms with E-state index in [2.05, 4.69) is 35.5 Å². The van der Waals surface area contributed by atoms with Crippen LogP contribution in [0.3, 0.4) is 0 Å². The van der Waals surface area contributed by atoms with Crippen LogP contribution in [0.1, 0.15) is 31.7 Å². The van der Waals surface area contributed by atoms with E-state index in [9.17, 15) is 0 Å². The van der Waals surface area contributed by atoms with Crippen molar-refractivity contribution in [1.29, 1.82) is 0 Å². The van der Waals surface area contributed by atoms with Gasteiger partial charge in [0.1, 0.15) is 0 Å². The van der Waals surface area contributed by atoms with Gasteiger partial charge in [-0.1, -0.05) is 43.4 Å². The van der Waals surface area contributed by atoms with Crippen molar-refractivity contribution >= 4 is 11.8 Å². The van der Waals surface area contributed by atoms with Crippen molar-refractivity contribution in [3.8, 4) is 11.8 Å². The molecule has 1 aliphatic heterocycles. The van der Waals surface area contributed by atoms with Gasteiger partial charge in [0.05, 0.1) is 6.17 Å². The summed E-state index contributed by atoms with van der Waals surface area (Å²) in [7, 11) is 0. The highest BCUT2D eigenvalue weighted by Gasteiger charge is 2.16. The standard InChI is InChI=1S/C18H24N2S/c1-2-3-15-21-17(18-19-13-8-14-20-18)12-7-11-16-9-5-4-6-10-16/h4-6,9-10,12,18-20H,2-3,8,13-15H2,1H3/b17-12-. The molecule has 0 aliphatic carbocycles. The Hall–Kier alpha value is -1.21. The van der Waals surface area contributed by atoms with Crippen LogP contribution in [0, 0.1) is 11.8 Å². The Kier molecular flexibility index (Phi) is 7.45. The smallest absolute Gasteiger partial charge is 0.0901 e. The maximum absolute atomic E-state index is 3.53. The number of hydrogen-bond donors (Lipinski definition) is 2. The molecule has 21 heavy (non-hydrogen) atoms. The van der Waals surface area contributed by atoms with E-state index in [1.54, 1.807) is 0 Å². The van der Waals surface area contributed by atoms with E-state index in [4.69, 9.17) is 0 Å². The van der Waals surface area contributed by atoms with Gasteiger partial charge in [-0.15, -0.1) is 11.8 Å². The van der Waals surface area contributed by atoms with Crippen LogP contribution < -0.4 is 10.6 Å². The lowest BCUT2D eigenvalue weighted by atomic mass is 10.2. The summed E-state index contributed by atoms with van der Waals surface area (Å²) in [5, 5.41) is 7.05. The lowest BCUT2D eigenvalue weighted by Gasteiger charge is -2.26. The third-order valence-corrected chi connectivity index (χ3v) is 4.49. The first-order valence-corrected chi connectivity index (χ1v) is 8.75. The van der Waals surface area contributed by atoms with E-state index >= 15 is 0 Å². The quantitative estimate of drug-likeness (QED) is 0.644. The van der Waals surface area contributed by atoms with Crippen LogP contribution in [-0.2, 0) is 0 Å². The minimum absolute atomic E-state index is 0.269. The first kappa shape index (κ1) is 16.2. The number of hydrogen-bond acceptors (Lipinski definition) is 3.